The lowest BCUT2D eigenvalue weighted by Crippen LogP contribution is -2.37. The second-order valence-electron chi connectivity index (χ2n) is 5.98. The largest absolute Gasteiger partial charge is 0.492 e. The van der Waals surface area contributed by atoms with E-state index >= 15 is 0 Å². The average molecular weight is 312 g/mol. The van der Waals surface area contributed by atoms with E-state index in [0.29, 0.717) is 18.6 Å². The number of halogens is 1. The molecule has 0 saturated carbocycles. The van der Waals surface area contributed by atoms with Crippen molar-refractivity contribution in [1.29, 1.82) is 0 Å². The van der Waals surface area contributed by atoms with Gasteiger partial charge in [-0.3, -0.25) is 0 Å². The molecule has 118 valence electrons. The number of aryl methyl sites for hydroxylation is 1. The minimum Gasteiger partial charge on any atom is -0.492 e. The van der Waals surface area contributed by atoms with Gasteiger partial charge >= 0.3 is 0 Å². The number of rotatable bonds is 6. The summed E-state index contributed by atoms with van der Waals surface area (Å²) >= 11 is 6.28. The van der Waals surface area contributed by atoms with Gasteiger partial charge in [0.1, 0.15) is 12.4 Å². The highest BCUT2D eigenvalue weighted by Crippen LogP contribution is 2.31. The molecule has 0 radical (unpaired) electrons. The molecule has 1 aromatic rings. The Morgan fingerprint density at radius 3 is 2.71 bits per heavy atom. The van der Waals surface area contributed by atoms with Crippen LogP contribution < -0.4 is 10.1 Å². The summed E-state index contributed by atoms with van der Waals surface area (Å²) in [6.07, 6.45) is 2.19. The van der Waals surface area contributed by atoms with E-state index in [9.17, 15) is 0 Å². The van der Waals surface area contributed by atoms with E-state index in [1.807, 2.05) is 13.0 Å². The van der Waals surface area contributed by atoms with Crippen LogP contribution in [0.4, 0.5) is 0 Å². The Morgan fingerprint density at radius 2 is 2.05 bits per heavy atom. The molecule has 0 atom stereocenters. The molecule has 0 spiro atoms. The fraction of sp³-hybridized carbons (Fsp3) is 0.647. The molecule has 1 aliphatic rings. The summed E-state index contributed by atoms with van der Waals surface area (Å²) in [5.74, 6) is 1.35. The van der Waals surface area contributed by atoms with Gasteiger partial charge in [0.2, 0.25) is 0 Å². The van der Waals surface area contributed by atoms with Gasteiger partial charge in [0.05, 0.1) is 0 Å². The molecule has 21 heavy (non-hydrogen) atoms. The number of ether oxygens (including phenoxy) is 2. The number of hydrogen-bond acceptors (Lipinski definition) is 3. The van der Waals surface area contributed by atoms with Crippen LogP contribution in [-0.2, 0) is 4.74 Å². The molecular weight excluding hydrogens is 286 g/mol. The van der Waals surface area contributed by atoms with Crippen LogP contribution in [0, 0.1) is 6.92 Å². The molecule has 0 unspecified atom stereocenters. The third-order valence-corrected chi connectivity index (χ3v) is 4.26. The molecule has 0 aromatic heterocycles. The molecule has 1 aliphatic heterocycles. The summed E-state index contributed by atoms with van der Waals surface area (Å²) in [5, 5.41) is 4.36. The van der Waals surface area contributed by atoms with Gasteiger partial charge in [-0.15, -0.1) is 0 Å². The molecule has 4 heteroatoms. The van der Waals surface area contributed by atoms with Gasteiger partial charge < -0.3 is 14.8 Å². The van der Waals surface area contributed by atoms with Gasteiger partial charge in [0.25, 0.3) is 0 Å². The SMILES string of the molecule is Cc1cc(Cl)c(C(C)C)cc1OCCNC1CCOCC1. The summed E-state index contributed by atoms with van der Waals surface area (Å²) in [4.78, 5) is 0. The van der Waals surface area contributed by atoms with Gasteiger partial charge in [-0.1, -0.05) is 25.4 Å². The maximum atomic E-state index is 6.28. The molecule has 1 N–H and O–H groups in total. The topological polar surface area (TPSA) is 30.5 Å². The van der Waals surface area contributed by atoms with Crippen LogP contribution in [0.25, 0.3) is 0 Å². The Labute approximate surface area is 133 Å². The van der Waals surface area contributed by atoms with Gasteiger partial charge in [0, 0.05) is 30.8 Å². The van der Waals surface area contributed by atoms with Gasteiger partial charge in [-0.25, -0.2) is 0 Å². The van der Waals surface area contributed by atoms with Crippen LogP contribution in [0.3, 0.4) is 0 Å². The fourth-order valence-corrected chi connectivity index (χ4v) is 3.03. The molecule has 2 rings (SSSR count). The van der Waals surface area contributed by atoms with Crippen LogP contribution in [0.1, 0.15) is 43.7 Å². The predicted molar refractivity (Wildman–Crippen MR) is 87.6 cm³/mol. The second kappa shape index (κ2) is 8.02. The first-order valence-electron chi connectivity index (χ1n) is 7.82. The summed E-state index contributed by atoms with van der Waals surface area (Å²) in [6.45, 7) is 9.61. The zero-order valence-electron chi connectivity index (χ0n) is 13.2. The summed E-state index contributed by atoms with van der Waals surface area (Å²) in [7, 11) is 0. The van der Waals surface area contributed by atoms with Crippen molar-refractivity contribution in [2.24, 2.45) is 0 Å². The van der Waals surface area contributed by atoms with Crippen LogP contribution in [-0.4, -0.2) is 32.4 Å². The van der Waals surface area contributed by atoms with E-state index in [-0.39, 0.29) is 0 Å². The molecule has 1 heterocycles. The molecule has 0 bridgehead atoms. The van der Waals surface area contributed by atoms with Gasteiger partial charge in [0.15, 0.2) is 0 Å². The van der Waals surface area contributed by atoms with Crippen LogP contribution in [0.5, 0.6) is 5.75 Å². The van der Waals surface area contributed by atoms with E-state index in [2.05, 4.69) is 25.2 Å². The van der Waals surface area contributed by atoms with E-state index in [0.717, 1.165) is 54.5 Å². The van der Waals surface area contributed by atoms with Crippen molar-refractivity contribution in [2.75, 3.05) is 26.4 Å². The third kappa shape index (κ3) is 4.87. The zero-order chi connectivity index (χ0) is 15.2. The monoisotopic (exact) mass is 311 g/mol. The molecular formula is C17H26ClNO2. The molecule has 1 fully saturated rings. The summed E-state index contributed by atoms with van der Waals surface area (Å²) in [5.41, 5.74) is 2.24. The lowest BCUT2D eigenvalue weighted by atomic mass is 10.0. The number of nitrogens with one attached hydrogen (secondary N) is 1. The van der Waals surface area contributed by atoms with Crippen LogP contribution >= 0.6 is 11.6 Å². The van der Waals surface area contributed by atoms with Gasteiger partial charge in [-0.05, 0) is 48.9 Å². The highest BCUT2D eigenvalue weighted by molar-refractivity contribution is 6.31. The lowest BCUT2D eigenvalue weighted by Gasteiger charge is -2.23. The van der Waals surface area contributed by atoms with E-state index in [1.54, 1.807) is 0 Å². The van der Waals surface area contributed by atoms with Crippen molar-refractivity contribution in [3.8, 4) is 5.75 Å². The Bertz CT molecular complexity index is 456. The second-order valence-corrected chi connectivity index (χ2v) is 6.39. The van der Waals surface area contributed by atoms with E-state index in [4.69, 9.17) is 21.1 Å². The van der Waals surface area contributed by atoms with Crippen molar-refractivity contribution < 1.29 is 9.47 Å². The van der Waals surface area contributed by atoms with Crippen molar-refractivity contribution in [3.05, 3.63) is 28.3 Å². The van der Waals surface area contributed by atoms with Crippen molar-refractivity contribution in [2.45, 2.75) is 45.6 Å². The first kappa shape index (κ1) is 16.6. The molecule has 0 aliphatic carbocycles. The fourth-order valence-electron chi connectivity index (χ4n) is 2.59. The molecule has 1 aromatic carbocycles. The average Bonchev–Trinajstić information content (AvgIpc) is 2.46. The Balaban J connectivity index is 1.83. The molecule has 0 amide bonds. The van der Waals surface area contributed by atoms with Crippen molar-refractivity contribution in [1.82, 2.24) is 5.32 Å². The highest BCUT2D eigenvalue weighted by Gasteiger charge is 2.13. The maximum Gasteiger partial charge on any atom is 0.122 e. The predicted octanol–water partition coefficient (Wildman–Crippen LogP) is 3.92. The smallest absolute Gasteiger partial charge is 0.122 e. The Morgan fingerprint density at radius 1 is 1.33 bits per heavy atom. The highest BCUT2D eigenvalue weighted by atomic mass is 35.5. The summed E-state index contributed by atoms with van der Waals surface area (Å²) < 4.78 is 11.3. The zero-order valence-corrected chi connectivity index (χ0v) is 14.0. The standard InChI is InChI=1S/C17H26ClNO2/c1-12(2)15-11-17(13(3)10-16(15)18)21-9-6-19-14-4-7-20-8-5-14/h10-12,14,19H,4-9H2,1-3H3. The Kier molecular flexibility index (Phi) is 6.34. The van der Waals surface area contributed by atoms with Crippen LogP contribution in [0.2, 0.25) is 5.02 Å². The maximum absolute atomic E-state index is 6.28. The first-order chi connectivity index (χ1) is 10.1. The summed E-state index contributed by atoms with van der Waals surface area (Å²) in [6, 6.07) is 4.65. The lowest BCUT2D eigenvalue weighted by molar-refractivity contribution is 0.0770. The minimum atomic E-state index is 0.404. The minimum absolute atomic E-state index is 0.404. The number of hydrogen-bond donors (Lipinski definition) is 1. The van der Waals surface area contributed by atoms with E-state index in [1.165, 1.54) is 0 Å². The third-order valence-electron chi connectivity index (χ3n) is 3.93. The molecule has 3 nitrogen and oxygen atoms in total. The van der Waals surface area contributed by atoms with Crippen LogP contribution in [0.15, 0.2) is 12.1 Å². The molecule has 1 saturated heterocycles. The quantitative estimate of drug-likeness (QED) is 0.808. The normalized spacial score (nSPS) is 16.4. The van der Waals surface area contributed by atoms with Gasteiger partial charge in [-0.2, -0.15) is 0 Å². The van der Waals surface area contributed by atoms with Crippen molar-refractivity contribution in [3.63, 3.8) is 0 Å². The van der Waals surface area contributed by atoms with E-state index < -0.39 is 0 Å². The van der Waals surface area contributed by atoms with Crippen molar-refractivity contribution >= 4 is 11.6 Å². The number of benzene rings is 1. The Hall–Kier alpha value is -0.770. The first-order valence-corrected chi connectivity index (χ1v) is 8.19.